The van der Waals surface area contributed by atoms with Gasteiger partial charge in [-0.15, -0.1) is 0 Å². The molecular formula is C26H24FNO2. The molecule has 1 aliphatic carbocycles. The van der Waals surface area contributed by atoms with Crippen molar-refractivity contribution < 1.29 is 13.9 Å². The lowest BCUT2D eigenvalue weighted by Gasteiger charge is -2.20. The van der Waals surface area contributed by atoms with Crippen molar-refractivity contribution in [2.45, 2.75) is 51.0 Å². The Kier molecular flexibility index (Phi) is 4.86. The molecule has 0 amide bonds. The van der Waals surface area contributed by atoms with E-state index in [1.165, 1.54) is 6.07 Å². The lowest BCUT2D eigenvalue weighted by atomic mass is 9.90. The minimum absolute atomic E-state index is 0.135. The highest BCUT2D eigenvalue weighted by Crippen LogP contribution is 2.46. The van der Waals surface area contributed by atoms with Crippen molar-refractivity contribution in [2.24, 2.45) is 0 Å². The number of pyridine rings is 1. The number of carbonyl (C=O) groups excluding carboxylic acids is 1. The third-order valence-electron chi connectivity index (χ3n) is 6.01. The number of rotatable bonds is 4. The van der Waals surface area contributed by atoms with E-state index >= 15 is 0 Å². The first-order chi connectivity index (χ1) is 14.6. The topological polar surface area (TPSA) is 39.2 Å². The number of fused-ring (bicyclic) bond motifs is 1. The van der Waals surface area contributed by atoms with Gasteiger partial charge in [-0.2, -0.15) is 0 Å². The Bertz CT molecular complexity index is 1160. The van der Waals surface area contributed by atoms with E-state index in [9.17, 15) is 9.18 Å². The van der Waals surface area contributed by atoms with Crippen LogP contribution in [0, 0.1) is 12.7 Å². The number of cyclic esters (lactones) is 1. The maximum atomic E-state index is 13.8. The van der Waals surface area contributed by atoms with Gasteiger partial charge >= 0.3 is 5.97 Å². The van der Waals surface area contributed by atoms with Gasteiger partial charge in [-0.05, 0) is 68.0 Å². The summed E-state index contributed by atoms with van der Waals surface area (Å²) in [7, 11) is 0. The molecule has 0 unspecified atom stereocenters. The molecule has 2 fully saturated rings. The number of carbonyl (C=O) groups is 1. The number of halogens is 1. The maximum absolute atomic E-state index is 13.8. The summed E-state index contributed by atoms with van der Waals surface area (Å²) in [4.78, 5) is 16.7. The molecule has 2 aromatic carbocycles. The summed E-state index contributed by atoms with van der Waals surface area (Å²) in [5, 5.41) is 1.05. The number of benzene rings is 2. The Labute approximate surface area is 175 Å². The van der Waals surface area contributed by atoms with E-state index in [-0.39, 0.29) is 17.9 Å². The SMILES string of the molecule is Cc1cc(F)ccc1-c1c(/C=C/[C@@H]2CCCC(=O)O2)c(C2CC2)nc2ccccc12. The molecule has 0 bridgehead atoms. The van der Waals surface area contributed by atoms with Crippen LogP contribution in [0.2, 0.25) is 0 Å². The van der Waals surface area contributed by atoms with Crippen LogP contribution in [0.5, 0.6) is 0 Å². The predicted molar refractivity (Wildman–Crippen MR) is 117 cm³/mol. The Hall–Kier alpha value is -3.01. The number of esters is 1. The van der Waals surface area contributed by atoms with Gasteiger partial charge in [0.25, 0.3) is 0 Å². The van der Waals surface area contributed by atoms with Crippen LogP contribution in [0.3, 0.4) is 0 Å². The van der Waals surface area contributed by atoms with E-state index in [0.29, 0.717) is 12.3 Å². The molecule has 0 radical (unpaired) electrons. The molecule has 5 rings (SSSR count). The Balaban J connectivity index is 1.72. The number of aromatic nitrogens is 1. The molecule has 4 heteroatoms. The molecule has 0 N–H and O–H groups in total. The van der Waals surface area contributed by atoms with Gasteiger partial charge in [0.1, 0.15) is 11.9 Å². The summed E-state index contributed by atoms with van der Waals surface area (Å²) in [6.07, 6.45) is 8.32. The molecule has 30 heavy (non-hydrogen) atoms. The van der Waals surface area contributed by atoms with Crippen LogP contribution in [0.15, 0.2) is 48.5 Å². The number of ether oxygens (including phenoxy) is 1. The molecule has 1 atom stereocenters. The molecule has 1 aromatic heterocycles. The number of hydrogen-bond donors (Lipinski definition) is 0. The first-order valence-corrected chi connectivity index (χ1v) is 10.7. The first-order valence-electron chi connectivity index (χ1n) is 10.7. The van der Waals surface area contributed by atoms with Gasteiger partial charge in [0, 0.05) is 28.9 Å². The van der Waals surface area contributed by atoms with Gasteiger partial charge in [-0.1, -0.05) is 30.3 Å². The van der Waals surface area contributed by atoms with Crippen LogP contribution < -0.4 is 0 Å². The van der Waals surface area contributed by atoms with Crippen LogP contribution in [-0.4, -0.2) is 17.1 Å². The van der Waals surface area contributed by atoms with Crippen molar-refractivity contribution in [2.75, 3.05) is 0 Å². The van der Waals surface area contributed by atoms with E-state index in [2.05, 4.69) is 12.1 Å². The lowest BCUT2D eigenvalue weighted by Crippen LogP contribution is -2.21. The average molecular weight is 401 g/mol. The summed E-state index contributed by atoms with van der Waals surface area (Å²) >= 11 is 0. The fourth-order valence-electron chi connectivity index (χ4n) is 4.35. The van der Waals surface area contributed by atoms with E-state index in [1.54, 1.807) is 6.07 Å². The van der Waals surface area contributed by atoms with Gasteiger partial charge in [0.2, 0.25) is 0 Å². The third kappa shape index (κ3) is 3.62. The number of nitrogens with zero attached hydrogens (tertiary/aromatic N) is 1. The molecule has 1 saturated carbocycles. The molecule has 1 saturated heterocycles. The molecule has 2 heterocycles. The van der Waals surface area contributed by atoms with Crippen LogP contribution >= 0.6 is 0 Å². The van der Waals surface area contributed by atoms with Gasteiger partial charge in [0.05, 0.1) is 11.2 Å². The second-order valence-electron chi connectivity index (χ2n) is 8.32. The molecule has 3 nitrogen and oxygen atoms in total. The van der Waals surface area contributed by atoms with Gasteiger partial charge in [-0.3, -0.25) is 9.78 Å². The van der Waals surface area contributed by atoms with Crippen molar-refractivity contribution in [3.8, 4) is 11.1 Å². The first kappa shape index (κ1) is 19.0. The Morgan fingerprint density at radius 1 is 1.13 bits per heavy atom. The van der Waals surface area contributed by atoms with E-state index in [1.807, 2.05) is 37.3 Å². The predicted octanol–water partition coefficient (Wildman–Crippen LogP) is 6.34. The van der Waals surface area contributed by atoms with Gasteiger partial charge in [-0.25, -0.2) is 4.39 Å². The Morgan fingerprint density at radius 2 is 1.97 bits per heavy atom. The van der Waals surface area contributed by atoms with Gasteiger partial charge in [0.15, 0.2) is 0 Å². The molecule has 152 valence electrons. The highest BCUT2D eigenvalue weighted by molar-refractivity contribution is 6.00. The summed E-state index contributed by atoms with van der Waals surface area (Å²) < 4.78 is 19.3. The van der Waals surface area contributed by atoms with Crippen molar-refractivity contribution in [1.29, 1.82) is 0 Å². The summed E-state index contributed by atoms with van der Waals surface area (Å²) in [5.41, 5.74) is 6.10. The minimum Gasteiger partial charge on any atom is -0.458 e. The van der Waals surface area contributed by atoms with E-state index < -0.39 is 0 Å². The number of hydrogen-bond acceptors (Lipinski definition) is 3. The zero-order valence-corrected chi connectivity index (χ0v) is 17.0. The fourth-order valence-corrected chi connectivity index (χ4v) is 4.35. The third-order valence-corrected chi connectivity index (χ3v) is 6.01. The largest absolute Gasteiger partial charge is 0.458 e. The average Bonchev–Trinajstić information content (AvgIpc) is 3.57. The van der Waals surface area contributed by atoms with Crippen molar-refractivity contribution in [3.05, 3.63) is 71.2 Å². The van der Waals surface area contributed by atoms with E-state index in [4.69, 9.17) is 9.72 Å². The second kappa shape index (κ2) is 7.67. The fraction of sp³-hybridized carbons (Fsp3) is 0.308. The van der Waals surface area contributed by atoms with Crippen molar-refractivity contribution >= 4 is 22.9 Å². The Morgan fingerprint density at radius 3 is 2.73 bits per heavy atom. The monoisotopic (exact) mass is 401 g/mol. The molecular weight excluding hydrogens is 377 g/mol. The smallest absolute Gasteiger partial charge is 0.306 e. The van der Waals surface area contributed by atoms with Crippen LogP contribution in [0.4, 0.5) is 4.39 Å². The standard InChI is InChI=1S/C26H24FNO2/c1-16-15-18(27)11-13-20(16)25-21-6-2-3-7-23(21)28-26(17-9-10-17)22(25)14-12-19-5-4-8-24(29)30-19/h2-3,6-7,11-15,17,19H,4-5,8-10H2,1H3/b14-12+/t19-/m0/s1. The summed E-state index contributed by atoms with van der Waals surface area (Å²) in [6, 6.07) is 13.1. The summed E-state index contributed by atoms with van der Waals surface area (Å²) in [5.74, 6) is 0.0791. The normalized spacial score (nSPS) is 19.4. The molecule has 0 spiro atoms. The quantitative estimate of drug-likeness (QED) is 0.479. The van der Waals surface area contributed by atoms with Crippen LogP contribution in [-0.2, 0) is 9.53 Å². The maximum Gasteiger partial charge on any atom is 0.306 e. The summed E-state index contributed by atoms with van der Waals surface area (Å²) in [6.45, 7) is 1.95. The second-order valence-corrected chi connectivity index (χ2v) is 8.32. The van der Waals surface area contributed by atoms with E-state index in [0.717, 1.165) is 64.5 Å². The van der Waals surface area contributed by atoms with Crippen molar-refractivity contribution in [3.63, 3.8) is 0 Å². The van der Waals surface area contributed by atoms with Crippen molar-refractivity contribution in [1.82, 2.24) is 4.98 Å². The molecule has 1 aliphatic heterocycles. The molecule has 2 aliphatic rings. The highest BCUT2D eigenvalue weighted by atomic mass is 19.1. The minimum atomic E-state index is -0.233. The molecule has 3 aromatic rings. The zero-order chi connectivity index (χ0) is 20.7. The zero-order valence-electron chi connectivity index (χ0n) is 17.0. The highest BCUT2D eigenvalue weighted by Gasteiger charge is 2.30. The number of aryl methyl sites for hydroxylation is 1. The lowest BCUT2D eigenvalue weighted by molar-refractivity contribution is -0.150. The van der Waals surface area contributed by atoms with Crippen LogP contribution in [0.25, 0.3) is 28.1 Å². The van der Waals surface area contributed by atoms with Crippen LogP contribution in [0.1, 0.15) is 54.8 Å². The number of para-hydroxylation sites is 1. The van der Waals surface area contributed by atoms with Gasteiger partial charge < -0.3 is 4.74 Å².